The number of rotatable bonds is 7. The molecule has 0 bridgehead atoms. The van der Waals surface area contributed by atoms with Gasteiger partial charge in [-0.15, -0.1) is 0 Å². The summed E-state index contributed by atoms with van der Waals surface area (Å²) in [5, 5.41) is 8.66. The number of hydrogen-bond acceptors (Lipinski definition) is 2. The summed E-state index contributed by atoms with van der Waals surface area (Å²) in [7, 11) is 0. The Morgan fingerprint density at radius 2 is 0.776 bits per heavy atom. The number of para-hydroxylation sites is 1. The van der Waals surface area contributed by atoms with Gasteiger partial charge in [0.1, 0.15) is 11.3 Å². The Hall–Kier alpha value is -7.68. The van der Waals surface area contributed by atoms with Gasteiger partial charge >= 0.3 is 0 Å². The minimum Gasteiger partial charge on any atom is -0.456 e. The van der Waals surface area contributed by atoms with Crippen molar-refractivity contribution in [3.63, 3.8) is 0 Å². The van der Waals surface area contributed by atoms with Gasteiger partial charge in [-0.2, -0.15) is 0 Å². The monoisotopic (exact) mass is 739 g/mol. The molecule has 1 heterocycles. The van der Waals surface area contributed by atoms with Gasteiger partial charge in [0, 0.05) is 28.0 Å². The average Bonchev–Trinajstić information content (AvgIpc) is 3.74. The van der Waals surface area contributed by atoms with E-state index in [0.717, 1.165) is 39.4 Å². The molecule has 0 radical (unpaired) electrons. The summed E-state index contributed by atoms with van der Waals surface area (Å²) >= 11 is 0. The van der Waals surface area contributed by atoms with Crippen LogP contribution in [0.1, 0.15) is 0 Å². The lowest BCUT2D eigenvalue weighted by Crippen LogP contribution is -2.10. The van der Waals surface area contributed by atoms with E-state index in [0.29, 0.717) is 0 Å². The van der Waals surface area contributed by atoms with Crippen molar-refractivity contribution < 1.29 is 4.42 Å². The number of nitrogens with zero attached hydrogens (tertiary/aromatic N) is 1. The third kappa shape index (κ3) is 6.18. The molecule has 2 heteroatoms. The van der Waals surface area contributed by atoms with Crippen molar-refractivity contribution in [1.29, 1.82) is 0 Å². The normalized spacial score (nSPS) is 11.4. The van der Waals surface area contributed by atoms with Crippen molar-refractivity contribution in [2.24, 2.45) is 0 Å². The Balaban J connectivity index is 0.962. The van der Waals surface area contributed by atoms with Gasteiger partial charge in [-0.3, -0.25) is 0 Å². The maximum atomic E-state index is 6.33. The average molecular weight is 740 g/mol. The van der Waals surface area contributed by atoms with Gasteiger partial charge in [-0.25, -0.2) is 0 Å². The highest BCUT2D eigenvalue weighted by Crippen LogP contribution is 2.40. The van der Waals surface area contributed by atoms with E-state index in [2.05, 4.69) is 211 Å². The van der Waals surface area contributed by atoms with Crippen molar-refractivity contribution in [3.05, 3.63) is 224 Å². The van der Waals surface area contributed by atoms with Crippen LogP contribution in [0, 0.1) is 0 Å². The Morgan fingerprint density at radius 3 is 1.55 bits per heavy atom. The summed E-state index contributed by atoms with van der Waals surface area (Å²) in [4.78, 5) is 2.33. The standard InChI is InChI=1S/C56H37NO/c1-2-11-42-34-46(21-19-38(42)9-1)44-14-7-13-43(33-44)39-23-28-50(29-24-39)57(52-16-8-15-48(36-52)56-37-49-12-4-6-18-55(49)58-56)51-30-25-40(26-31-51)45-27-32-54-47(35-45)22-20-41-10-3-5-17-53(41)54/h1-37H. The first-order valence-electron chi connectivity index (χ1n) is 19.8. The number of benzene rings is 10. The van der Waals surface area contributed by atoms with Crippen LogP contribution in [0.3, 0.4) is 0 Å². The second kappa shape index (κ2) is 14.1. The molecule has 10 aromatic carbocycles. The van der Waals surface area contributed by atoms with E-state index < -0.39 is 0 Å². The van der Waals surface area contributed by atoms with Gasteiger partial charge in [0.25, 0.3) is 0 Å². The molecule has 0 aliphatic rings. The quantitative estimate of drug-likeness (QED) is 0.151. The molecule has 1 aromatic heterocycles. The highest BCUT2D eigenvalue weighted by molar-refractivity contribution is 6.08. The lowest BCUT2D eigenvalue weighted by atomic mass is 9.97. The Labute approximate surface area is 337 Å². The van der Waals surface area contributed by atoms with E-state index in [1.54, 1.807) is 0 Å². The zero-order valence-corrected chi connectivity index (χ0v) is 31.7. The van der Waals surface area contributed by atoms with Crippen LogP contribution in [-0.4, -0.2) is 0 Å². The molecule has 0 saturated carbocycles. The van der Waals surface area contributed by atoms with E-state index in [9.17, 15) is 0 Å². The van der Waals surface area contributed by atoms with Crippen molar-refractivity contribution in [2.45, 2.75) is 0 Å². The number of anilines is 3. The van der Waals surface area contributed by atoms with Crippen LogP contribution in [0.5, 0.6) is 0 Å². The molecule has 0 fully saturated rings. The summed E-state index contributed by atoms with van der Waals surface area (Å²) in [6.45, 7) is 0. The van der Waals surface area contributed by atoms with Gasteiger partial charge in [-0.05, 0) is 132 Å². The molecule has 0 N–H and O–H groups in total. The molecule has 0 saturated heterocycles. The maximum Gasteiger partial charge on any atom is 0.135 e. The fourth-order valence-electron chi connectivity index (χ4n) is 8.42. The number of hydrogen-bond donors (Lipinski definition) is 0. The van der Waals surface area contributed by atoms with Crippen molar-refractivity contribution >= 4 is 60.3 Å². The second-order valence-electron chi connectivity index (χ2n) is 15.0. The topological polar surface area (TPSA) is 16.4 Å². The molecule has 0 unspecified atom stereocenters. The van der Waals surface area contributed by atoms with Gasteiger partial charge in [-0.1, -0.05) is 158 Å². The van der Waals surface area contributed by atoms with E-state index in [1.165, 1.54) is 65.7 Å². The Bertz CT molecular complexity index is 3250. The third-order valence-corrected chi connectivity index (χ3v) is 11.4. The molecular weight excluding hydrogens is 703 g/mol. The van der Waals surface area contributed by atoms with Crippen molar-refractivity contribution in [1.82, 2.24) is 0 Å². The molecule has 272 valence electrons. The predicted molar refractivity (Wildman–Crippen MR) is 245 cm³/mol. The van der Waals surface area contributed by atoms with E-state index in [1.807, 2.05) is 18.2 Å². The van der Waals surface area contributed by atoms with Gasteiger partial charge < -0.3 is 9.32 Å². The van der Waals surface area contributed by atoms with Crippen LogP contribution < -0.4 is 4.90 Å². The number of fused-ring (bicyclic) bond motifs is 5. The van der Waals surface area contributed by atoms with Crippen LogP contribution in [0.15, 0.2) is 229 Å². The molecule has 11 rings (SSSR count). The fraction of sp³-hybridized carbons (Fsp3) is 0. The largest absolute Gasteiger partial charge is 0.456 e. The molecule has 58 heavy (non-hydrogen) atoms. The highest BCUT2D eigenvalue weighted by Gasteiger charge is 2.16. The first-order valence-corrected chi connectivity index (χ1v) is 19.8. The van der Waals surface area contributed by atoms with Gasteiger partial charge in [0.2, 0.25) is 0 Å². The number of furan rings is 1. The molecule has 0 aliphatic carbocycles. The zero-order valence-electron chi connectivity index (χ0n) is 31.7. The molecule has 2 nitrogen and oxygen atoms in total. The summed E-state index contributed by atoms with van der Waals surface area (Å²) in [6.07, 6.45) is 0. The SMILES string of the molecule is c1cc(-c2ccc(N(c3ccc(-c4ccc5c(ccc6ccccc65)c4)cc3)c3cccc(-c4cc5ccccc5o4)c3)cc2)cc(-c2ccc3ccccc3c2)c1. The maximum absolute atomic E-state index is 6.33. The molecule has 0 amide bonds. The molecule has 0 atom stereocenters. The van der Waals surface area contributed by atoms with Gasteiger partial charge in [0.15, 0.2) is 0 Å². The lowest BCUT2D eigenvalue weighted by Gasteiger charge is -2.26. The van der Waals surface area contributed by atoms with Crippen molar-refractivity contribution in [2.75, 3.05) is 4.90 Å². The van der Waals surface area contributed by atoms with Crippen LogP contribution in [0.25, 0.3) is 88.0 Å². The second-order valence-corrected chi connectivity index (χ2v) is 15.0. The summed E-state index contributed by atoms with van der Waals surface area (Å²) in [6, 6.07) is 80.7. The summed E-state index contributed by atoms with van der Waals surface area (Å²) < 4.78 is 6.33. The Morgan fingerprint density at radius 1 is 0.259 bits per heavy atom. The van der Waals surface area contributed by atoms with E-state index in [4.69, 9.17) is 4.42 Å². The first-order chi connectivity index (χ1) is 28.7. The highest BCUT2D eigenvalue weighted by atomic mass is 16.3. The Kier molecular flexibility index (Phi) is 8.19. The summed E-state index contributed by atoms with van der Waals surface area (Å²) in [5.74, 6) is 0.851. The first kappa shape index (κ1) is 33.6. The molecule has 11 aromatic rings. The van der Waals surface area contributed by atoms with Crippen LogP contribution >= 0.6 is 0 Å². The van der Waals surface area contributed by atoms with Crippen LogP contribution in [0.4, 0.5) is 17.1 Å². The van der Waals surface area contributed by atoms with E-state index >= 15 is 0 Å². The molecule has 0 spiro atoms. The third-order valence-electron chi connectivity index (χ3n) is 11.4. The predicted octanol–water partition coefficient (Wildman–Crippen LogP) is 16.0. The fourth-order valence-corrected chi connectivity index (χ4v) is 8.42. The molecular formula is C56H37NO. The summed E-state index contributed by atoms with van der Waals surface area (Å²) in [5.41, 5.74) is 12.3. The van der Waals surface area contributed by atoms with Crippen LogP contribution in [0.2, 0.25) is 0 Å². The van der Waals surface area contributed by atoms with E-state index in [-0.39, 0.29) is 0 Å². The van der Waals surface area contributed by atoms with Gasteiger partial charge in [0.05, 0.1) is 0 Å². The minimum absolute atomic E-state index is 0.851. The smallest absolute Gasteiger partial charge is 0.135 e. The minimum atomic E-state index is 0.851. The van der Waals surface area contributed by atoms with Crippen LogP contribution in [-0.2, 0) is 0 Å². The molecule has 0 aliphatic heterocycles. The zero-order chi connectivity index (χ0) is 38.4. The van der Waals surface area contributed by atoms with Crippen molar-refractivity contribution in [3.8, 4) is 44.7 Å². The lowest BCUT2D eigenvalue weighted by molar-refractivity contribution is 0.631.